The van der Waals surface area contributed by atoms with Crippen molar-refractivity contribution in [2.45, 2.75) is 20.0 Å². The smallest absolute Gasteiger partial charge is 0.284 e. The number of primary amides is 1. The largest absolute Gasteiger partial charge is 0.497 e. The van der Waals surface area contributed by atoms with Crippen LogP contribution >= 0.6 is 0 Å². The van der Waals surface area contributed by atoms with Crippen LogP contribution in [0.15, 0.2) is 39.7 Å². The van der Waals surface area contributed by atoms with Crippen molar-refractivity contribution in [2.24, 2.45) is 10.7 Å². The van der Waals surface area contributed by atoms with E-state index in [-0.39, 0.29) is 5.76 Å². The molecule has 0 unspecified atom stereocenters. The van der Waals surface area contributed by atoms with Gasteiger partial charge in [0.15, 0.2) is 11.7 Å². The number of ether oxygens (including phenoxy) is 2. The molecule has 0 aliphatic rings. The quantitative estimate of drug-likeness (QED) is 0.541. The molecule has 8 heteroatoms. The molecule has 1 aromatic carbocycles. The molecule has 2 rings (SSSR count). The molecule has 0 atom stereocenters. The fourth-order valence-electron chi connectivity index (χ4n) is 2.53. The van der Waals surface area contributed by atoms with Crippen molar-refractivity contribution in [1.29, 1.82) is 0 Å². The van der Waals surface area contributed by atoms with Crippen LogP contribution in [0.1, 0.15) is 28.8 Å². The molecule has 3 N–H and O–H groups in total. The maximum atomic E-state index is 11.1. The second-order valence-corrected chi connectivity index (χ2v) is 5.83. The number of nitrogens with one attached hydrogen (secondary N) is 1. The first-order chi connectivity index (χ1) is 13.0. The van der Waals surface area contributed by atoms with Gasteiger partial charge in [0.25, 0.3) is 5.91 Å². The summed E-state index contributed by atoms with van der Waals surface area (Å²) in [4.78, 5) is 17.7. The van der Waals surface area contributed by atoms with Gasteiger partial charge in [-0.3, -0.25) is 4.79 Å². The highest BCUT2D eigenvalue weighted by molar-refractivity contribution is 5.89. The van der Waals surface area contributed by atoms with Crippen LogP contribution in [0.5, 0.6) is 11.5 Å². The molecule has 2 aromatic rings. The number of hydrogen-bond acceptors (Lipinski definition) is 5. The van der Waals surface area contributed by atoms with Crippen LogP contribution in [0.25, 0.3) is 0 Å². The summed E-state index contributed by atoms with van der Waals surface area (Å²) in [5, 5.41) is 3.24. The van der Waals surface area contributed by atoms with Gasteiger partial charge in [0.1, 0.15) is 23.8 Å². The average molecular weight is 374 g/mol. The Bertz CT molecular complexity index is 801. The third-order valence-corrected chi connectivity index (χ3v) is 3.89. The van der Waals surface area contributed by atoms with Crippen LogP contribution in [0.2, 0.25) is 0 Å². The maximum absolute atomic E-state index is 11.1. The molecule has 1 amide bonds. The number of aliphatic imine (C=N–C) groups is 1. The molecular formula is C19H26N4O4. The molecule has 0 fully saturated rings. The van der Waals surface area contributed by atoms with Crippen molar-refractivity contribution in [3.63, 3.8) is 0 Å². The van der Waals surface area contributed by atoms with Gasteiger partial charge in [0.2, 0.25) is 0 Å². The summed E-state index contributed by atoms with van der Waals surface area (Å²) in [6.07, 6.45) is 0. The summed E-state index contributed by atoms with van der Waals surface area (Å²) in [5.41, 5.74) is 6.20. The van der Waals surface area contributed by atoms with Crippen LogP contribution in [0.4, 0.5) is 0 Å². The van der Waals surface area contributed by atoms with E-state index in [0.717, 1.165) is 17.1 Å². The first-order valence-electron chi connectivity index (χ1n) is 8.57. The molecule has 1 aromatic heterocycles. The van der Waals surface area contributed by atoms with Gasteiger partial charge in [-0.25, -0.2) is 4.99 Å². The van der Waals surface area contributed by atoms with Crippen molar-refractivity contribution in [1.82, 2.24) is 10.2 Å². The van der Waals surface area contributed by atoms with E-state index >= 15 is 0 Å². The number of nitrogens with zero attached hydrogens (tertiary/aromatic N) is 2. The Balaban J connectivity index is 2.13. The minimum Gasteiger partial charge on any atom is -0.497 e. The Morgan fingerprint density at radius 2 is 2.04 bits per heavy atom. The summed E-state index contributed by atoms with van der Waals surface area (Å²) in [6, 6.07) is 8.94. The van der Waals surface area contributed by atoms with E-state index in [0.29, 0.717) is 31.4 Å². The van der Waals surface area contributed by atoms with Crippen LogP contribution in [-0.2, 0) is 13.1 Å². The van der Waals surface area contributed by atoms with Gasteiger partial charge >= 0.3 is 0 Å². The van der Waals surface area contributed by atoms with Gasteiger partial charge in [-0.05, 0) is 31.2 Å². The van der Waals surface area contributed by atoms with E-state index < -0.39 is 5.91 Å². The summed E-state index contributed by atoms with van der Waals surface area (Å²) in [5.74, 6) is 2.28. The molecule has 1 heterocycles. The first-order valence-corrected chi connectivity index (χ1v) is 8.57. The Morgan fingerprint density at radius 3 is 2.63 bits per heavy atom. The molecule has 8 nitrogen and oxygen atoms in total. The zero-order valence-corrected chi connectivity index (χ0v) is 16.1. The summed E-state index contributed by atoms with van der Waals surface area (Å²) < 4.78 is 16.1. The highest BCUT2D eigenvalue weighted by Crippen LogP contribution is 2.25. The lowest BCUT2D eigenvalue weighted by Gasteiger charge is -2.23. The minimum atomic E-state index is -0.596. The number of nitrogens with two attached hydrogens (primary N) is 1. The average Bonchev–Trinajstić information content (AvgIpc) is 3.14. The normalized spacial score (nSPS) is 11.2. The second kappa shape index (κ2) is 9.51. The third-order valence-electron chi connectivity index (χ3n) is 3.89. The Hall–Kier alpha value is -3.16. The van der Waals surface area contributed by atoms with Crippen LogP contribution in [-0.4, -0.2) is 44.6 Å². The molecule has 0 bridgehead atoms. The van der Waals surface area contributed by atoms with Crippen molar-refractivity contribution in [3.8, 4) is 11.5 Å². The Morgan fingerprint density at radius 1 is 1.26 bits per heavy atom. The van der Waals surface area contributed by atoms with Crippen molar-refractivity contribution in [2.75, 3.05) is 27.8 Å². The number of benzene rings is 1. The molecule has 0 radical (unpaired) electrons. The minimum absolute atomic E-state index is 0.126. The van der Waals surface area contributed by atoms with E-state index in [2.05, 4.69) is 10.3 Å². The number of rotatable bonds is 8. The zero-order chi connectivity index (χ0) is 19.8. The van der Waals surface area contributed by atoms with Gasteiger partial charge < -0.3 is 29.8 Å². The molecule has 0 aliphatic carbocycles. The predicted molar refractivity (Wildman–Crippen MR) is 103 cm³/mol. The fraction of sp³-hybridized carbons (Fsp3) is 0.368. The number of carbonyl (C=O) groups is 1. The topological polar surface area (TPSA) is 102 Å². The highest BCUT2D eigenvalue weighted by Gasteiger charge is 2.12. The van der Waals surface area contributed by atoms with Crippen LogP contribution in [0.3, 0.4) is 0 Å². The number of hydrogen-bond donors (Lipinski definition) is 2. The highest BCUT2D eigenvalue weighted by atomic mass is 16.5. The molecule has 0 spiro atoms. The van der Waals surface area contributed by atoms with Crippen LogP contribution < -0.4 is 20.5 Å². The number of carbonyl (C=O) groups excluding carboxylic acids is 1. The lowest BCUT2D eigenvalue weighted by Crippen LogP contribution is -2.38. The van der Waals surface area contributed by atoms with Crippen LogP contribution in [0, 0.1) is 0 Å². The van der Waals surface area contributed by atoms with E-state index in [9.17, 15) is 4.79 Å². The number of methoxy groups -OCH3 is 2. The molecule has 27 heavy (non-hydrogen) atoms. The van der Waals surface area contributed by atoms with E-state index in [1.807, 2.05) is 37.1 Å². The first kappa shape index (κ1) is 20.2. The van der Waals surface area contributed by atoms with Crippen molar-refractivity contribution < 1.29 is 18.7 Å². The van der Waals surface area contributed by atoms with E-state index in [4.69, 9.17) is 19.6 Å². The summed E-state index contributed by atoms with van der Waals surface area (Å²) >= 11 is 0. The van der Waals surface area contributed by atoms with E-state index in [1.54, 1.807) is 26.4 Å². The monoisotopic (exact) mass is 374 g/mol. The SMILES string of the molecule is CCNC(=NCc1ccc(C(N)=O)o1)N(C)Cc1ccc(OC)cc1OC. The predicted octanol–water partition coefficient (Wildman–Crippen LogP) is 1.99. The molecule has 146 valence electrons. The van der Waals surface area contributed by atoms with Gasteiger partial charge in [0.05, 0.1) is 14.2 Å². The number of guanidine groups is 1. The van der Waals surface area contributed by atoms with Gasteiger partial charge in [-0.1, -0.05) is 0 Å². The number of amides is 1. The molecule has 0 aliphatic heterocycles. The van der Waals surface area contributed by atoms with Crippen molar-refractivity contribution >= 4 is 11.9 Å². The summed E-state index contributed by atoms with van der Waals surface area (Å²) in [6.45, 7) is 3.59. The van der Waals surface area contributed by atoms with Gasteiger partial charge in [0, 0.05) is 31.8 Å². The zero-order valence-electron chi connectivity index (χ0n) is 16.1. The van der Waals surface area contributed by atoms with Gasteiger partial charge in [-0.15, -0.1) is 0 Å². The van der Waals surface area contributed by atoms with Gasteiger partial charge in [-0.2, -0.15) is 0 Å². The Kier molecular flexibility index (Phi) is 7.10. The number of furan rings is 1. The second-order valence-electron chi connectivity index (χ2n) is 5.83. The molecule has 0 saturated heterocycles. The third kappa shape index (κ3) is 5.40. The summed E-state index contributed by atoms with van der Waals surface area (Å²) in [7, 11) is 5.18. The Labute approximate surface area is 159 Å². The fourth-order valence-corrected chi connectivity index (χ4v) is 2.53. The maximum Gasteiger partial charge on any atom is 0.284 e. The van der Waals surface area contributed by atoms with Crippen molar-refractivity contribution in [3.05, 3.63) is 47.4 Å². The molecular weight excluding hydrogens is 348 g/mol. The van der Waals surface area contributed by atoms with E-state index in [1.165, 1.54) is 0 Å². The lowest BCUT2D eigenvalue weighted by molar-refractivity contribution is 0.0972. The standard InChI is InChI=1S/C19H26N4O4/c1-5-21-19(22-11-15-8-9-16(27-15)18(20)24)23(2)12-13-6-7-14(25-3)10-17(13)26-4/h6-10H,5,11-12H2,1-4H3,(H2,20,24)(H,21,22). The molecule has 0 saturated carbocycles. The lowest BCUT2D eigenvalue weighted by atomic mass is 10.2.